The monoisotopic (exact) mass is 158 g/mol. The Bertz CT molecular complexity index is 108. The Morgan fingerprint density at radius 2 is 2.09 bits per heavy atom. The van der Waals surface area contributed by atoms with Crippen LogP contribution in [0.1, 0.15) is 25.7 Å². The predicted octanol–water partition coefficient (Wildman–Crippen LogP) is -0.162. The summed E-state index contributed by atoms with van der Waals surface area (Å²) in [7, 11) is 0. The van der Waals surface area contributed by atoms with Gasteiger partial charge in [-0.15, -0.1) is 0 Å². The first kappa shape index (κ1) is 8.97. The fraction of sp³-hybridized carbons (Fsp3) is 1.00. The summed E-state index contributed by atoms with van der Waals surface area (Å²) >= 11 is 0. The van der Waals surface area contributed by atoms with E-state index in [1.54, 1.807) is 0 Å². The van der Waals surface area contributed by atoms with Gasteiger partial charge in [-0.1, -0.05) is 12.8 Å². The molecule has 0 bridgehead atoms. The fourth-order valence-corrected chi connectivity index (χ4v) is 1.62. The zero-order valence-electron chi connectivity index (χ0n) is 6.92. The van der Waals surface area contributed by atoms with E-state index in [1.807, 2.05) is 0 Å². The van der Waals surface area contributed by atoms with Crippen LogP contribution in [0.3, 0.4) is 0 Å². The molecule has 0 radical (unpaired) electrons. The molecule has 2 atom stereocenters. The van der Waals surface area contributed by atoms with Crippen molar-refractivity contribution in [1.82, 2.24) is 5.32 Å². The summed E-state index contributed by atoms with van der Waals surface area (Å²) in [6.45, 7) is 1.48. The minimum absolute atomic E-state index is 0.143. The Balaban J connectivity index is 2.18. The number of hydrogen-bond acceptors (Lipinski definition) is 3. The molecule has 1 rings (SSSR count). The molecule has 0 saturated heterocycles. The molecule has 1 saturated carbocycles. The van der Waals surface area contributed by atoms with Gasteiger partial charge in [0.15, 0.2) is 0 Å². The van der Waals surface area contributed by atoms with Gasteiger partial charge in [-0.2, -0.15) is 0 Å². The van der Waals surface area contributed by atoms with E-state index in [0.29, 0.717) is 12.6 Å². The lowest BCUT2D eigenvalue weighted by Gasteiger charge is -2.28. The first-order valence-electron chi connectivity index (χ1n) is 4.46. The normalized spacial score (nSPS) is 32.2. The SMILES string of the molecule is NCCNC1CCCCC1O. The third kappa shape index (κ3) is 2.77. The van der Waals surface area contributed by atoms with E-state index in [9.17, 15) is 5.11 Å². The molecule has 0 heterocycles. The topological polar surface area (TPSA) is 58.3 Å². The average Bonchev–Trinajstić information content (AvgIpc) is 2.03. The van der Waals surface area contributed by atoms with E-state index in [2.05, 4.69) is 5.32 Å². The zero-order chi connectivity index (χ0) is 8.10. The van der Waals surface area contributed by atoms with Crippen molar-refractivity contribution in [3.63, 3.8) is 0 Å². The maximum absolute atomic E-state index is 9.49. The Kier molecular flexibility index (Phi) is 3.83. The van der Waals surface area contributed by atoms with Crippen molar-refractivity contribution < 1.29 is 5.11 Å². The molecule has 1 fully saturated rings. The average molecular weight is 158 g/mol. The van der Waals surface area contributed by atoms with E-state index in [0.717, 1.165) is 19.4 Å². The highest BCUT2D eigenvalue weighted by Gasteiger charge is 2.21. The summed E-state index contributed by atoms with van der Waals surface area (Å²) in [6, 6.07) is 0.298. The Labute approximate surface area is 68.0 Å². The Hall–Kier alpha value is -0.120. The van der Waals surface area contributed by atoms with Gasteiger partial charge < -0.3 is 16.2 Å². The molecule has 0 aromatic rings. The van der Waals surface area contributed by atoms with E-state index in [-0.39, 0.29) is 6.10 Å². The van der Waals surface area contributed by atoms with Crippen LogP contribution in [-0.4, -0.2) is 30.3 Å². The molecule has 0 amide bonds. The highest BCUT2D eigenvalue weighted by Crippen LogP contribution is 2.17. The van der Waals surface area contributed by atoms with Gasteiger partial charge in [-0.25, -0.2) is 0 Å². The number of rotatable bonds is 3. The second-order valence-corrected chi connectivity index (χ2v) is 3.20. The molecule has 1 aliphatic rings. The van der Waals surface area contributed by atoms with Gasteiger partial charge in [0.1, 0.15) is 0 Å². The maximum atomic E-state index is 9.49. The quantitative estimate of drug-likeness (QED) is 0.535. The predicted molar refractivity (Wildman–Crippen MR) is 45.3 cm³/mol. The van der Waals surface area contributed by atoms with Crippen molar-refractivity contribution in [3.05, 3.63) is 0 Å². The largest absolute Gasteiger partial charge is 0.392 e. The van der Waals surface area contributed by atoms with Crippen LogP contribution in [0.2, 0.25) is 0 Å². The van der Waals surface area contributed by atoms with Crippen molar-refractivity contribution in [2.24, 2.45) is 5.73 Å². The standard InChI is InChI=1S/C8H18N2O/c9-5-6-10-7-3-1-2-4-8(7)11/h7-8,10-11H,1-6,9H2. The molecule has 3 heteroatoms. The molecule has 4 N–H and O–H groups in total. The van der Waals surface area contributed by atoms with Crippen molar-refractivity contribution in [1.29, 1.82) is 0 Å². The van der Waals surface area contributed by atoms with Crippen molar-refractivity contribution >= 4 is 0 Å². The van der Waals surface area contributed by atoms with Gasteiger partial charge in [-0.05, 0) is 12.8 Å². The molecule has 0 aromatic heterocycles. The number of nitrogens with two attached hydrogens (primary N) is 1. The zero-order valence-corrected chi connectivity index (χ0v) is 6.92. The minimum Gasteiger partial charge on any atom is -0.392 e. The Morgan fingerprint density at radius 3 is 2.73 bits per heavy atom. The molecule has 2 unspecified atom stereocenters. The highest BCUT2D eigenvalue weighted by molar-refractivity contribution is 4.79. The summed E-state index contributed by atoms with van der Waals surface area (Å²) in [6.07, 6.45) is 4.31. The van der Waals surface area contributed by atoms with Crippen LogP contribution in [-0.2, 0) is 0 Å². The Morgan fingerprint density at radius 1 is 1.36 bits per heavy atom. The summed E-state index contributed by atoms with van der Waals surface area (Å²) in [5.41, 5.74) is 5.35. The second kappa shape index (κ2) is 4.70. The van der Waals surface area contributed by atoms with Gasteiger partial charge >= 0.3 is 0 Å². The van der Waals surface area contributed by atoms with Gasteiger partial charge in [0.2, 0.25) is 0 Å². The molecular formula is C8H18N2O. The van der Waals surface area contributed by atoms with Crippen molar-refractivity contribution in [2.75, 3.05) is 13.1 Å². The second-order valence-electron chi connectivity index (χ2n) is 3.20. The lowest BCUT2D eigenvalue weighted by molar-refractivity contribution is 0.0917. The van der Waals surface area contributed by atoms with Gasteiger partial charge in [-0.3, -0.25) is 0 Å². The van der Waals surface area contributed by atoms with Crippen LogP contribution in [0.5, 0.6) is 0 Å². The van der Waals surface area contributed by atoms with E-state index >= 15 is 0 Å². The van der Waals surface area contributed by atoms with Gasteiger partial charge in [0, 0.05) is 19.1 Å². The molecular weight excluding hydrogens is 140 g/mol. The molecule has 1 aliphatic carbocycles. The summed E-state index contributed by atoms with van der Waals surface area (Å²) < 4.78 is 0. The van der Waals surface area contributed by atoms with Crippen LogP contribution >= 0.6 is 0 Å². The molecule has 66 valence electrons. The fourth-order valence-electron chi connectivity index (χ4n) is 1.62. The van der Waals surface area contributed by atoms with Crippen molar-refractivity contribution in [3.8, 4) is 0 Å². The van der Waals surface area contributed by atoms with E-state index in [4.69, 9.17) is 5.73 Å². The van der Waals surface area contributed by atoms with E-state index < -0.39 is 0 Å². The molecule has 0 aliphatic heterocycles. The molecule has 0 spiro atoms. The minimum atomic E-state index is -0.143. The van der Waals surface area contributed by atoms with Crippen LogP contribution in [0.15, 0.2) is 0 Å². The van der Waals surface area contributed by atoms with Crippen LogP contribution in [0.4, 0.5) is 0 Å². The number of hydrogen-bond donors (Lipinski definition) is 3. The number of aliphatic hydroxyl groups excluding tert-OH is 1. The number of nitrogens with one attached hydrogen (secondary N) is 1. The smallest absolute Gasteiger partial charge is 0.0693 e. The lowest BCUT2D eigenvalue weighted by Crippen LogP contribution is -2.43. The maximum Gasteiger partial charge on any atom is 0.0693 e. The summed E-state index contributed by atoms with van der Waals surface area (Å²) in [4.78, 5) is 0. The summed E-state index contributed by atoms with van der Waals surface area (Å²) in [5, 5.41) is 12.7. The van der Waals surface area contributed by atoms with Gasteiger partial charge in [0.05, 0.1) is 6.10 Å². The number of aliphatic hydroxyl groups is 1. The lowest BCUT2D eigenvalue weighted by atomic mass is 9.93. The van der Waals surface area contributed by atoms with Crippen molar-refractivity contribution in [2.45, 2.75) is 37.8 Å². The molecule has 11 heavy (non-hydrogen) atoms. The van der Waals surface area contributed by atoms with Crippen LogP contribution in [0.25, 0.3) is 0 Å². The summed E-state index contributed by atoms with van der Waals surface area (Å²) in [5.74, 6) is 0. The molecule has 3 nitrogen and oxygen atoms in total. The first-order valence-corrected chi connectivity index (χ1v) is 4.46. The third-order valence-electron chi connectivity index (χ3n) is 2.28. The van der Waals surface area contributed by atoms with Gasteiger partial charge in [0.25, 0.3) is 0 Å². The highest BCUT2D eigenvalue weighted by atomic mass is 16.3. The van der Waals surface area contributed by atoms with Crippen LogP contribution < -0.4 is 11.1 Å². The first-order chi connectivity index (χ1) is 5.34. The third-order valence-corrected chi connectivity index (χ3v) is 2.28. The van der Waals surface area contributed by atoms with E-state index in [1.165, 1.54) is 12.8 Å². The van der Waals surface area contributed by atoms with Crippen LogP contribution in [0, 0.1) is 0 Å². The molecule has 0 aromatic carbocycles.